The predicted molar refractivity (Wildman–Crippen MR) is 129 cm³/mol. The van der Waals surface area contributed by atoms with Crippen molar-refractivity contribution in [2.45, 2.75) is 58.3 Å². The van der Waals surface area contributed by atoms with Crippen molar-refractivity contribution in [1.29, 1.82) is 0 Å². The Balaban J connectivity index is 1.75. The molecule has 1 N–H and O–H groups in total. The fourth-order valence-corrected chi connectivity index (χ4v) is 3.35. The van der Waals surface area contributed by atoms with Crippen molar-refractivity contribution in [2.24, 2.45) is 0 Å². The number of hydrogen-bond acceptors (Lipinski definition) is 4. The molecular weight excluding hydrogens is 404 g/mol. The number of carbonyl (C=O) groups is 1. The van der Waals surface area contributed by atoms with Gasteiger partial charge in [-0.15, -0.1) is 0 Å². The number of hydrogen-bond donors (Lipinski definition) is 1. The number of unbranched alkanes of at least 4 members (excludes halogenated alkanes) is 3. The van der Waals surface area contributed by atoms with Crippen LogP contribution in [0.4, 0.5) is 0 Å². The molecule has 0 aliphatic heterocycles. The highest BCUT2D eigenvalue weighted by molar-refractivity contribution is 5.66. The van der Waals surface area contributed by atoms with Gasteiger partial charge in [0.1, 0.15) is 17.2 Å². The monoisotopic (exact) mass is 440 g/mol. The Labute approximate surface area is 192 Å². The Morgan fingerprint density at radius 2 is 1.59 bits per heavy atom. The molecule has 2 aromatic rings. The Bertz CT molecular complexity index is 826. The molecule has 0 bridgehead atoms. The molecule has 0 radical (unpaired) electrons. The number of allylic oxidation sites excluding steroid dienone is 1. The smallest absolute Gasteiger partial charge is 0.303 e. The summed E-state index contributed by atoms with van der Waals surface area (Å²) in [7, 11) is 1.67. The minimum absolute atomic E-state index is 0.184. The van der Waals surface area contributed by atoms with E-state index in [9.17, 15) is 4.79 Å². The molecule has 5 nitrogen and oxygen atoms in total. The zero-order valence-electron chi connectivity index (χ0n) is 19.3. The average molecular weight is 441 g/mol. The molecule has 32 heavy (non-hydrogen) atoms. The van der Waals surface area contributed by atoms with Gasteiger partial charge < -0.3 is 19.3 Å². The molecule has 0 atom stereocenters. The van der Waals surface area contributed by atoms with Crippen molar-refractivity contribution in [3.63, 3.8) is 0 Å². The minimum atomic E-state index is -0.761. The molecule has 0 aliphatic carbocycles. The maximum Gasteiger partial charge on any atom is 0.303 e. The molecule has 0 unspecified atom stereocenters. The minimum Gasteiger partial charge on any atom is -0.497 e. The Kier molecular flexibility index (Phi) is 11.8. The van der Waals surface area contributed by atoms with Gasteiger partial charge in [0.15, 0.2) is 0 Å². The molecule has 0 aliphatic rings. The van der Waals surface area contributed by atoms with E-state index in [-0.39, 0.29) is 6.42 Å². The van der Waals surface area contributed by atoms with E-state index in [2.05, 4.69) is 31.2 Å². The maximum atomic E-state index is 10.6. The first-order chi connectivity index (χ1) is 15.6. The first kappa shape index (κ1) is 25.3. The van der Waals surface area contributed by atoms with Gasteiger partial charge in [0.05, 0.1) is 20.3 Å². The molecule has 174 valence electrons. The molecule has 0 heterocycles. The molecule has 0 aromatic heterocycles. The van der Waals surface area contributed by atoms with E-state index in [4.69, 9.17) is 19.3 Å². The lowest BCUT2D eigenvalue weighted by Crippen LogP contribution is -2.05. The lowest BCUT2D eigenvalue weighted by molar-refractivity contribution is -0.137. The van der Waals surface area contributed by atoms with Gasteiger partial charge in [-0.3, -0.25) is 4.79 Å². The number of rotatable bonds is 16. The topological polar surface area (TPSA) is 65.0 Å². The number of benzene rings is 2. The van der Waals surface area contributed by atoms with Crippen molar-refractivity contribution < 1.29 is 24.1 Å². The number of aliphatic carboxylic acids is 1. The first-order valence-corrected chi connectivity index (χ1v) is 11.5. The van der Waals surface area contributed by atoms with Crippen LogP contribution in [0.3, 0.4) is 0 Å². The zero-order chi connectivity index (χ0) is 23.0. The summed E-state index contributed by atoms with van der Waals surface area (Å²) in [6, 6.07) is 14.0. The van der Waals surface area contributed by atoms with Gasteiger partial charge in [-0.25, -0.2) is 0 Å². The van der Waals surface area contributed by atoms with Crippen LogP contribution in [0.15, 0.2) is 48.5 Å². The summed E-state index contributed by atoms with van der Waals surface area (Å²) in [5.74, 6) is 1.85. The number of carboxylic acids is 1. The predicted octanol–water partition coefficient (Wildman–Crippen LogP) is 6.54. The van der Waals surface area contributed by atoms with E-state index in [0.717, 1.165) is 61.3 Å². The SMILES string of the molecule is CCCc1c(OCCCC/C=C/c2ccc(OC)cc2)cccc1OCCCCC(=O)O. The van der Waals surface area contributed by atoms with Gasteiger partial charge in [0.25, 0.3) is 0 Å². The number of carboxylic acid groups (broad SMARTS) is 1. The molecule has 2 aromatic carbocycles. The molecule has 0 spiro atoms. The van der Waals surface area contributed by atoms with E-state index in [1.165, 1.54) is 5.56 Å². The second-order valence-corrected chi connectivity index (χ2v) is 7.70. The Morgan fingerprint density at radius 3 is 2.19 bits per heavy atom. The number of methoxy groups -OCH3 is 1. The zero-order valence-corrected chi connectivity index (χ0v) is 19.3. The summed E-state index contributed by atoms with van der Waals surface area (Å²) in [4.78, 5) is 10.6. The summed E-state index contributed by atoms with van der Waals surface area (Å²) in [6.07, 6.45) is 10.8. The molecule has 0 amide bonds. The highest BCUT2D eigenvalue weighted by Gasteiger charge is 2.10. The Hall–Kier alpha value is -2.95. The van der Waals surface area contributed by atoms with Crippen LogP contribution in [0.5, 0.6) is 17.2 Å². The van der Waals surface area contributed by atoms with Gasteiger partial charge in [-0.05, 0) is 68.4 Å². The third-order valence-corrected chi connectivity index (χ3v) is 5.08. The summed E-state index contributed by atoms with van der Waals surface area (Å²) in [6.45, 7) is 3.34. The van der Waals surface area contributed by atoms with E-state index >= 15 is 0 Å². The van der Waals surface area contributed by atoms with Gasteiger partial charge in [-0.2, -0.15) is 0 Å². The van der Waals surface area contributed by atoms with Crippen LogP contribution in [0, 0.1) is 0 Å². The van der Waals surface area contributed by atoms with E-state index in [1.54, 1.807) is 7.11 Å². The second-order valence-electron chi connectivity index (χ2n) is 7.70. The van der Waals surface area contributed by atoms with Gasteiger partial charge in [-0.1, -0.05) is 43.7 Å². The van der Waals surface area contributed by atoms with E-state index in [1.807, 2.05) is 30.3 Å². The highest BCUT2D eigenvalue weighted by Crippen LogP contribution is 2.30. The Morgan fingerprint density at radius 1 is 0.938 bits per heavy atom. The second kappa shape index (κ2) is 15.0. The van der Waals surface area contributed by atoms with Crippen LogP contribution in [0.1, 0.15) is 63.0 Å². The summed E-state index contributed by atoms with van der Waals surface area (Å²) < 4.78 is 17.2. The van der Waals surface area contributed by atoms with E-state index < -0.39 is 5.97 Å². The molecular formula is C27H36O5. The maximum absolute atomic E-state index is 10.6. The van der Waals surface area contributed by atoms with Crippen LogP contribution in [0.2, 0.25) is 0 Å². The molecule has 5 heteroatoms. The third-order valence-electron chi connectivity index (χ3n) is 5.08. The van der Waals surface area contributed by atoms with Crippen LogP contribution in [-0.2, 0) is 11.2 Å². The highest BCUT2D eigenvalue weighted by atomic mass is 16.5. The molecule has 0 fully saturated rings. The number of ether oxygens (including phenoxy) is 3. The van der Waals surface area contributed by atoms with Gasteiger partial charge in [0.2, 0.25) is 0 Å². The van der Waals surface area contributed by atoms with E-state index in [0.29, 0.717) is 19.6 Å². The molecule has 0 saturated carbocycles. The van der Waals surface area contributed by atoms with Gasteiger partial charge >= 0.3 is 5.97 Å². The molecule has 2 rings (SSSR count). The first-order valence-electron chi connectivity index (χ1n) is 11.5. The lowest BCUT2D eigenvalue weighted by Gasteiger charge is -2.16. The van der Waals surface area contributed by atoms with Crippen LogP contribution < -0.4 is 14.2 Å². The summed E-state index contributed by atoms with van der Waals surface area (Å²) in [5.41, 5.74) is 2.28. The van der Waals surface area contributed by atoms with Crippen LogP contribution in [-0.4, -0.2) is 31.4 Å². The lowest BCUT2D eigenvalue weighted by atomic mass is 10.1. The standard InChI is InChI=1S/C27H36O5/c1-3-11-24-25(13-10-14-26(24)32-21-9-7-15-27(28)29)31-20-8-5-4-6-12-22-16-18-23(30-2)19-17-22/h6,10,12-14,16-19H,3-5,7-9,11,15,20-21H2,1-2H3,(H,28,29)/b12-6+. The third kappa shape index (κ3) is 9.46. The normalized spacial score (nSPS) is 10.9. The largest absolute Gasteiger partial charge is 0.497 e. The van der Waals surface area contributed by atoms with Crippen molar-refractivity contribution in [3.05, 3.63) is 59.7 Å². The quantitative estimate of drug-likeness (QED) is 0.300. The average Bonchev–Trinajstić information content (AvgIpc) is 2.80. The fraction of sp³-hybridized carbons (Fsp3) is 0.444. The summed E-state index contributed by atoms with van der Waals surface area (Å²) in [5, 5.41) is 8.74. The fourth-order valence-electron chi connectivity index (χ4n) is 3.35. The van der Waals surface area contributed by atoms with Crippen LogP contribution >= 0.6 is 0 Å². The van der Waals surface area contributed by atoms with Gasteiger partial charge in [0, 0.05) is 12.0 Å². The molecule has 0 saturated heterocycles. The van der Waals surface area contributed by atoms with Crippen molar-refractivity contribution >= 4 is 12.0 Å². The van der Waals surface area contributed by atoms with Crippen molar-refractivity contribution in [1.82, 2.24) is 0 Å². The van der Waals surface area contributed by atoms with Crippen molar-refractivity contribution in [3.8, 4) is 17.2 Å². The van der Waals surface area contributed by atoms with Crippen molar-refractivity contribution in [2.75, 3.05) is 20.3 Å². The summed E-state index contributed by atoms with van der Waals surface area (Å²) >= 11 is 0. The van der Waals surface area contributed by atoms with Crippen LogP contribution in [0.25, 0.3) is 6.08 Å².